The zero-order valence-corrected chi connectivity index (χ0v) is 11.7. The molecular formula is C9H6I2OS. The van der Waals surface area contributed by atoms with Crippen LogP contribution in [-0.4, -0.2) is 5.11 Å². The Morgan fingerprint density at radius 2 is 2.08 bits per heavy atom. The molecule has 0 saturated carbocycles. The highest BCUT2D eigenvalue weighted by atomic mass is 127. The molecule has 0 amide bonds. The van der Waals surface area contributed by atoms with E-state index in [-0.39, 0.29) is 6.61 Å². The maximum Gasteiger partial charge on any atom is 0.0696 e. The van der Waals surface area contributed by atoms with Gasteiger partial charge in [0.25, 0.3) is 0 Å². The maximum atomic E-state index is 9.11. The Hall–Kier alpha value is 0.600. The Labute approximate surface area is 107 Å². The fourth-order valence-electron chi connectivity index (χ4n) is 1.23. The number of thiophene rings is 1. The molecule has 0 spiro atoms. The summed E-state index contributed by atoms with van der Waals surface area (Å²) in [7, 11) is 0. The lowest BCUT2D eigenvalue weighted by Gasteiger charge is -1.97. The first-order valence-electron chi connectivity index (χ1n) is 3.68. The van der Waals surface area contributed by atoms with Crippen molar-refractivity contribution >= 4 is 66.6 Å². The predicted octanol–water partition coefficient (Wildman–Crippen LogP) is 3.60. The first-order chi connectivity index (χ1) is 6.22. The number of rotatable bonds is 1. The summed E-state index contributed by atoms with van der Waals surface area (Å²) >= 11 is 6.34. The normalized spacial score (nSPS) is 11.0. The molecule has 68 valence electrons. The Morgan fingerprint density at radius 3 is 2.77 bits per heavy atom. The third-order valence-electron chi connectivity index (χ3n) is 1.84. The molecule has 0 saturated heterocycles. The maximum absolute atomic E-state index is 9.11. The van der Waals surface area contributed by atoms with Gasteiger partial charge >= 0.3 is 0 Å². The lowest BCUT2D eigenvalue weighted by atomic mass is 10.2. The minimum Gasteiger partial charge on any atom is -0.392 e. The SMILES string of the molecule is OCc1csc2c(I)cc(I)cc12. The van der Waals surface area contributed by atoms with Crippen LogP contribution in [0.3, 0.4) is 0 Å². The molecule has 1 N–H and O–H groups in total. The van der Waals surface area contributed by atoms with Gasteiger partial charge in [-0.3, -0.25) is 0 Å². The minimum atomic E-state index is 0.135. The molecule has 2 rings (SSSR count). The summed E-state index contributed by atoms with van der Waals surface area (Å²) in [6.45, 7) is 0.135. The van der Waals surface area contributed by atoms with E-state index in [4.69, 9.17) is 5.11 Å². The molecule has 0 atom stereocenters. The second kappa shape index (κ2) is 4.00. The molecule has 13 heavy (non-hydrogen) atoms. The van der Waals surface area contributed by atoms with Gasteiger partial charge in [-0.25, -0.2) is 0 Å². The van der Waals surface area contributed by atoms with E-state index in [2.05, 4.69) is 57.3 Å². The third kappa shape index (κ3) is 1.86. The van der Waals surface area contributed by atoms with Gasteiger partial charge in [0, 0.05) is 17.2 Å². The standard InChI is InChI=1S/C9H6I2OS/c10-6-1-7-5(3-12)4-13-9(7)8(11)2-6/h1-2,4,12H,3H2. The number of aliphatic hydroxyl groups excluding tert-OH is 1. The van der Waals surface area contributed by atoms with Gasteiger partial charge in [-0.1, -0.05) is 0 Å². The topological polar surface area (TPSA) is 20.2 Å². The molecule has 1 aromatic heterocycles. The van der Waals surface area contributed by atoms with E-state index < -0.39 is 0 Å². The van der Waals surface area contributed by atoms with Gasteiger partial charge in [0.2, 0.25) is 0 Å². The van der Waals surface area contributed by atoms with Crippen molar-refractivity contribution in [3.8, 4) is 0 Å². The lowest BCUT2D eigenvalue weighted by Crippen LogP contribution is -1.81. The first kappa shape index (κ1) is 10.1. The van der Waals surface area contributed by atoms with Crippen LogP contribution in [0.2, 0.25) is 0 Å². The summed E-state index contributed by atoms with van der Waals surface area (Å²) in [5.74, 6) is 0. The monoisotopic (exact) mass is 416 g/mol. The Balaban J connectivity index is 2.82. The van der Waals surface area contributed by atoms with Crippen LogP contribution in [0.15, 0.2) is 17.5 Å². The fraction of sp³-hybridized carbons (Fsp3) is 0.111. The van der Waals surface area contributed by atoms with Crippen LogP contribution in [-0.2, 0) is 6.61 Å². The molecule has 1 aromatic carbocycles. The van der Waals surface area contributed by atoms with E-state index >= 15 is 0 Å². The summed E-state index contributed by atoms with van der Waals surface area (Å²) in [4.78, 5) is 0. The van der Waals surface area contributed by atoms with Gasteiger partial charge in [0.05, 0.1) is 6.61 Å². The van der Waals surface area contributed by atoms with Crippen molar-refractivity contribution in [2.75, 3.05) is 0 Å². The van der Waals surface area contributed by atoms with Gasteiger partial charge in [0.15, 0.2) is 0 Å². The molecule has 0 aliphatic carbocycles. The van der Waals surface area contributed by atoms with Crippen LogP contribution in [0, 0.1) is 7.14 Å². The number of halogens is 2. The van der Waals surface area contributed by atoms with Crippen molar-refractivity contribution in [1.82, 2.24) is 0 Å². The molecule has 1 nitrogen and oxygen atoms in total. The molecule has 1 heterocycles. The molecule has 0 aliphatic heterocycles. The molecule has 2 aromatic rings. The molecular weight excluding hydrogens is 410 g/mol. The van der Waals surface area contributed by atoms with E-state index in [9.17, 15) is 0 Å². The largest absolute Gasteiger partial charge is 0.392 e. The average molecular weight is 416 g/mol. The minimum absolute atomic E-state index is 0.135. The molecule has 0 bridgehead atoms. The van der Waals surface area contributed by atoms with Crippen molar-refractivity contribution in [1.29, 1.82) is 0 Å². The third-order valence-corrected chi connectivity index (χ3v) is 4.76. The predicted molar refractivity (Wildman–Crippen MR) is 73.2 cm³/mol. The highest BCUT2D eigenvalue weighted by Crippen LogP contribution is 2.31. The van der Waals surface area contributed by atoms with Crippen molar-refractivity contribution in [2.45, 2.75) is 6.61 Å². The van der Waals surface area contributed by atoms with E-state index in [1.54, 1.807) is 11.3 Å². The zero-order chi connectivity index (χ0) is 9.42. The van der Waals surface area contributed by atoms with Crippen molar-refractivity contribution < 1.29 is 5.11 Å². The second-order valence-electron chi connectivity index (χ2n) is 2.68. The quantitative estimate of drug-likeness (QED) is 0.705. The number of aliphatic hydroxyl groups is 1. The highest BCUT2D eigenvalue weighted by molar-refractivity contribution is 14.1. The number of fused-ring (bicyclic) bond motifs is 1. The molecule has 0 radical (unpaired) electrons. The Kier molecular flexibility index (Phi) is 3.11. The van der Waals surface area contributed by atoms with E-state index in [1.165, 1.54) is 17.2 Å². The van der Waals surface area contributed by atoms with Gasteiger partial charge in [-0.15, -0.1) is 11.3 Å². The summed E-state index contributed by atoms with van der Waals surface area (Å²) in [5.41, 5.74) is 1.04. The highest BCUT2D eigenvalue weighted by Gasteiger charge is 2.06. The Morgan fingerprint density at radius 1 is 1.31 bits per heavy atom. The molecule has 0 fully saturated rings. The van der Waals surface area contributed by atoms with Crippen LogP contribution in [0.4, 0.5) is 0 Å². The summed E-state index contributed by atoms with van der Waals surface area (Å²) in [5, 5.41) is 12.3. The van der Waals surface area contributed by atoms with Crippen LogP contribution < -0.4 is 0 Å². The zero-order valence-electron chi connectivity index (χ0n) is 6.55. The average Bonchev–Trinajstić information content (AvgIpc) is 2.47. The van der Waals surface area contributed by atoms with Crippen molar-refractivity contribution in [3.63, 3.8) is 0 Å². The van der Waals surface area contributed by atoms with Crippen LogP contribution in [0.25, 0.3) is 10.1 Å². The van der Waals surface area contributed by atoms with Gasteiger partial charge < -0.3 is 5.11 Å². The second-order valence-corrected chi connectivity index (χ2v) is 5.97. The van der Waals surface area contributed by atoms with Crippen molar-refractivity contribution in [2.24, 2.45) is 0 Å². The fourth-order valence-corrected chi connectivity index (χ4v) is 4.41. The van der Waals surface area contributed by atoms with Crippen LogP contribution >= 0.6 is 56.5 Å². The Bertz CT molecular complexity index is 450. The van der Waals surface area contributed by atoms with Crippen LogP contribution in [0.1, 0.15) is 5.56 Å². The number of benzene rings is 1. The van der Waals surface area contributed by atoms with Gasteiger partial charge in [-0.2, -0.15) is 0 Å². The summed E-state index contributed by atoms with van der Waals surface area (Å²) in [6.07, 6.45) is 0. The van der Waals surface area contributed by atoms with Crippen molar-refractivity contribution in [3.05, 3.63) is 30.2 Å². The van der Waals surface area contributed by atoms with Gasteiger partial charge in [0.1, 0.15) is 0 Å². The molecule has 0 aliphatic rings. The first-order valence-corrected chi connectivity index (χ1v) is 6.72. The number of hydrogen-bond acceptors (Lipinski definition) is 2. The molecule has 4 heteroatoms. The number of hydrogen-bond donors (Lipinski definition) is 1. The summed E-state index contributed by atoms with van der Waals surface area (Å²) < 4.78 is 3.77. The van der Waals surface area contributed by atoms with E-state index in [1.807, 2.05) is 5.38 Å². The van der Waals surface area contributed by atoms with Gasteiger partial charge in [-0.05, 0) is 68.3 Å². The van der Waals surface area contributed by atoms with E-state index in [0.29, 0.717) is 0 Å². The van der Waals surface area contributed by atoms with Crippen LogP contribution in [0.5, 0.6) is 0 Å². The van der Waals surface area contributed by atoms with E-state index in [0.717, 1.165) is 5.56 Å². The smallest absolute Gasteiger partial charge is 0.0696 e. The molecule has 0 unspecified atom stereocenters. The lowest BCUT2D eigenvalue weighted by molar-refractivity contribution is 0.284. The summed E-state index contributed by atoms with van der Waals surface area (Å²) in [6, 6.07) is 4.28.